The molecule has 0 aliphatic carbocycles. The Morgan fingerprint density at radius 2 is 1.21 bits per heavy atom. The number of pyridine rings is 1. The van der Waals surface area contributed by atoms with Gasteiger partial charge >= 0.3 is 0 Å². The molecule has 0 saturated carbocycles. The molecule has 0 fully saturated rings. The summed E-state index contributed by atoms with van der Waals surface area (Å²) in [4.78, 5) is 4.64. The van der Waals surface area contributed by atoms with Gasteiger partial charge in [-0.2, -0.15) is 0 Å². The number of fused-ring (bicyclic) bond motifs is 1. The molecule has 0 radical (unpaired) electrons. The summed E-state index contributed by atoms with van der Waals surface area (Å²) in [5, 5.41) is 2.05. The molecule has 2 aromatic carbocycles. The molecule has 0 aliphatic heterocycles. The van der Waals surface area contributed by atoms with Gasteiger partial charge in [0.15, 0.2) is 23.0 Å². The lowest BCUT2D eigenvalue weighted by Gasteiger charge is -2.15. The van der Waals surface area contributed by atoms with Crippen molar-refractivity contribution in [2.45, 2.75) is 27.7 Å². The molecule has 28 heavy (non-hydrogen) atoms. The Balaban J connectivity index is 2.14. The van der Waals surface area contributed by atoms with Gasteiger partial charge in [-0.1, -0.05) is 0 Å². The molecule has 0 atom stereocenters. The third kappa shape index (κ3) is 4.14. The second-order valence-electron chi connectivity index (χ2n) is 6.07. The Labute approximate surface area is 166 Å². The van der Waals surface area contributed by atoms with Gasteiger partial charge < -0.3 is 18.9 Å². The highest BCUT2D eigenvalue weighted by Crippen LogP contribution is 2.38. The summed E-state index contributed by atoms with van der Waals surface area (Å²) in [5.41, 5.74) is 1.83. The monoisotopic (exact) mass is 381 g/mol. The van der Waals surface area contributed by atoms with E-state index in [0.717, 1.165) is 45.0 Å². The van der Waals surface area contributed by atoms with Crippen molar-refractivity contribution >= 4 is 10.8 Å². The van der Waals surface area contributed by atoms with Crippen LogP contribution in [0.3, 0.4) is 0 Å². The fourth-order valence-electron chi connectivity index (χ4n) is 3.15. The van der Waals surface area contributed by atoms with Crippen molar-refractivity contribution in [3.05, 3.63) is 42.6 Å². The van der Waals surface area contributed by atoms with E-state index in [0.29, 0.717) is 26.4 Å². The highest BCUT2D eigenvalue weighted by Gasteiger charge is 2.14. The maximum atomic E-state index is 5.80. The molecule has 0 unspecified atom stereocenters. The van der Waals surface area contributed by atoms with Crippen molar-refractivity contribution in [3.63, 3.8) is 0 Å². The minimum Gasteiger partial charge on any atom is -0.490 e. The Hall–Kier alpha value is -2.95. The van der Waals surface area contributed by atoms with Crippen molar-refractivity contribution in [1.82, 2.24) is 4.98 Å². The minimum absolute atomic E-state index is 0.568. The van der Waals surface area contributed by atoms with Gasteiger partial charge in [-0.25, -0.2) is 0 Å². The lowest BCUT2D eigenvalue weighted by atomic mass is 10.0. The molecule has 0 aliphatic rings. The van der Waals surface area contributed by atoms with Crippen molar-refractivity contribution in [1.29, 1.82) is 0 Å². The van der Waals surface area contributed by atoms with E-state index in [2.05, 4.69) is 4.98 Å². The van der Waals surface area contributed by atoms with Crippen LogP contribution in [-0.2, 0) is 0 Å². The Morgan fingerprint density at radius 1 is 0.643 bits per heavy atom. The number of nitrogens with zero attached hydrogens (tertiary/aromatic N) is 1. The van der Waals surface area contributed by atoms with Gasteiger partial charge in [0.1, 0.15) is 0 Å². The van der Waals surface area contributed by atoms with E-state index in [-0.39, 0.29) is 0 Å². The first-order valence-corrected chi connectivity index (χ1v) is 9.80. The quantitative estimate of drug-likeness (QED) is 0.490. The second-order valence-corrected chi connectivity index (χ2v) is 6.07. The molecule has 3 rings (SSSR count). The molecule has 1 heterocycles. The second kappa shape index (κ2) is 9.31. The van der Waals surface area contributed by atoms with E-state index in [1.54, 1.807) is 0 Å². The van der Waals surface area contributed by atoms with Gasteiger partial charge in [-0.15, -0.1) is 0 Å². The topological polar surface area (TPSA) is 49.8 Å². The van der Waals surface area contributed by atoms with Crippen LogP contribution >= 0.6 is 0 Å². The third-order valence-corrected chi connectivity index (χ3v) is 4.25. The number of aromatic nitrogens is 1. The highest BCUT2D eigenvalue weighted by molar-refractivity contribution is 5.96. The van der Waals surface area contributed by atoms with Crippen LogP contribution in [-0.4, -0.2) is 31.4 Å². The summed E-state index contributed by atoms with van der Waals surface area (Å²) in [6, 6.07) is 11.9. The van der Waals surface area contributed by atoms with Crippen molar-refractivity contribution in [3.8, 4) is 34.3 Å². The Kier molecular flexibility index (Phi) is 6.58. The van der Waals surface area contributed by atoms with Crippen molar-refractivity contribution < 1.29 is 18.9 Å². The van der Waals surface area contributed by atoms with E-state index < -0.39 is 0 Å². The largest absolute Gasteiger partial charge is 0.490 e. The summed E-state index contributed by atoms with van der Waals surface area (Å²) in [7, 11) is 0. The average molecular weight is 381 g/mol. The highest BCUT2D eigenvalue weighted by atomic mass is 16.5. The number of ether oxygens (including phenoxy) is 4. The number of benzene rings is 2. The summed E-state index contributed by atoms with van der Waals surface area (Å²) in [5.74, 6) is 2.93. The third-order valence-electron chi connectivity index (χ3n) is 4.25. The van der Waals surface area contributed by atoms with Crippen LogP contribution in [0.1, 0.15) is 27.7 Å². The van der Waals surface area contributed by atoms with E-state index in [9.17, 15) is 0 Å². The SMILES string of the molecule is CCOc1ccc(-c2nccc3cc(OCC)c(OCC)cc23)cc1OCC. The van der Waals surface area contributed by atoms with Crippen LogP contribution in [0.25, 0.3) is 22.0 Å². The van der Waals surface area contributed by atoms with Gasteiger partial charge in [-0.05, 0) is 69.5 Å². The number of hydrogen-bond acceptors (Lipinski definition) is 5. The van der Waals surface area contributed by atoms with Crippen LogP contribution < -0.4 is 18.9 Å². The average Bonchev–Trinajstić information content (AvgIpc) is 2.70. The summed E-state index contributed by atoms with van der Waals surface area (Å²) < 4.78 is 23.0. The van der Waals surface area contributed by atoms with Crippen molar-refractivity contribution in [2.24, 2.45) is 0 Å². The predicted molar refractivity (Wildman–Crippen MR) is 112 cm³/mol. The van der Waals surface area contributed by atoms with E-state index in [1.807, 2.05) is 70.3 Å². The molecule has 1 aromatic heterocycles. The van der Waals surface area contributed by atoms with E-state index in [1.165, 1.54) is 0 Å². The van der Waals surface area contributed by atoms with Crippen LogP contribution in [0.15, 0.2) is 42.6 Å². The molecular weight excluding hydrogens is 354 g/mol. The summed E-state index contributed by atoms with van der Waals surface area (Å²) >= 11 is 0. The number of hydrogen-bond donors (Lipinski definition) is 0. The molecule has 0 spiro atoms. The summed E-state index contributed by atoms with van der Waals surface area (Å²) in [6.07, 6.45) is 1.81. The van der Waals surface area contributed by atoms with Gasteiger partial charge in [-0.3, -0.25) is 4.98 Å². The van der Waals surface area contributed by atoms with E-state index in [4.69, 9.17) is 18.9 Å². The van der Waals surface area contributed by atoms with Gasteiger partial charge in [0.25, 0.3) is 0 Å². The van der Waals surface area contributed by atoms with E-state index >= 15 is 0 Å². The fourth-order valence-corrected chi connectivity index (χ4v) is 3.15. The van der Waals surface area contributed by atoms with Crippen LogP contribution in [0.2, 0.25) is 0 Å². The molecule has 5 heteroatoms. The first-order chi connectivity index (χ1) is 13.7. The maximum Gasteiger partial charge on any atom is 0.161 e. The first-order valence-electron chi connectivity index (χ1n) is 9.80. The molecule has 0 amide bonds. The van der Waals surface area contributed by atoms with Crippen molar-refractivity contribution in [2.75, 3.05) is 26.4 Å². The molecule has 0 N–H and O–H groups in total. The van der Waals surface area contributed by atoms with Crippen LogP contribution in [0, 0.1) is 0 Å². The molecular formula is C23H27NO4. The zero-order chi connectivity index (χ0) is 19.9. The van der Waals surface area contributed by atoms with Gasteiger partial charge in [0, 0.05) is 17.1 Å². The predicted octanol–water partition coefficient (Wildman–Crippen LogP) is 5.50. The first kappa shape index (κ1) is 19.8. The zero-order valence-corrected chi connectivity index (χ0v) is 17.0. The Morgan fingerprint density at radius 3 is 1.86 bits per heavy atom. The normalized spacial score (nSPS) is 10.7. The molecule has 5 nitrogen and oxygen atoms in total. The number of rotatable bonds is 9. The minimum atomic E-state index is 0.568. The summed E-state index contributed by atoms with van der Waals surface area (Å²) in [6.45, 7) is 10.2. The zero-order valence-electron chi connectivity index (χ0n) is 17.0. The van der Waals surface area contributed by atoms with Gasteiger partial charge in [0.2, 0.25) is 0 Å². The lowest BCUT2D eigenvalue weighted by molar-refractivity contribution is 0.288. The fraction of sp³-hybridized carbons (Fsp3) is 0.348. The standard InChI is InChI=1S/C23H27NO4/c1-5-25-19-10-9-17(14-20(19)26-6-2)23-18-15-22(28-8-4)21(27-7-3)13-16(18)11-12-24-23/h9-15H,5-8H2,1-4H3. The molecule has 148 valence electrons. The van der Waals surface area contributed by atoms with Gasteiger partial charge in [0.05, 0.1) is 32.1 Å². The lowest BCUT2D eigenvalue weighted by Crippen LogP contribution is -2.00. The smallest absolute Gasteiger partial charge is 0.161 e. The molecule has 0 bridgehead atoms. The Bertz CT molecular complexity index is 939. The van der Waals surface area contributed by atoms with Crippen LogP contribution in [0.5, 0.6) is 23.0 Å². The maximum absolute atomic E-state index is 5.80. The molecule has 3 aromatic rings. The molecule has 0 saturated heterocycles. The van der Waals surface area contributed by atoms with Crippen LogP contribution in [0.4, 0.5) is 0 Å².